The molecule has 0 radical (unpaired) electrons. The van der Waals surface area contributed by atoms with Crippen LogP contribution in [0.15, 0.2) is 36.4 Å². The number of ether oxygens (including phenoxy) is 3. The van der Waals surface area contributed by atoms with E-state index in [9.17, 15) is 9.59 Å². The highest BCUT2D eigenvalue weighted by atomic mass is 35.5. The fourth-order valence-corrected chi connectivity index (χ4v) is 2.58. The summed E-state index contributed by atoms with van der Waals surface area (Å²) in [5, 5.41) is 0.662. The summed E-state index contributed by atoms with van der Waals surface area (Å²) in [6, 6.07) is 8.72. The van der Waals surface area contributed by atoms with Gasteiger partial charge in [-0.25, -0.2) is 0 Å². The van der Waals surface area contributed by atoms with Crippen LogP contribution < -0.4 is 25.1 Å². The van der Waals surface area contributed by atoms with E-state index in [-0.39, 0.29) is 6.61 Å². The van der Waals surface area contributed by atoms with E-state index in [1.807, 2.05) is 13.8 Å². The molecule has 0 aliphatic rings. The number of hydrogen-bond donors (Lipinski definition) is 2. The van der Waals surface area contributed by atoms with Gasteiger partial charge < -0.3 is 14.2 Å². The van der Waals surface area contributed by atoms with Gasteiger partial charge in [-0.3, -0.25) is 20.4 Å². The third-order valence-electron chi connectivity index (χ3n) is 3.94. The van der Waals surface area contributed by atoms with E-state index in [0.717, 1.165) is 16.7 Å². The number of hydrazine groups is 1. The third-order valence-corrected chi connectivity index (χ3v) is 4.54. The molecule has 0 saturated carbocycles. The Hall–Kier alpha value is -3.19. The van der Waals surface area contributed by atoms with Crippen molar-refractivity contribution in [3.8, 4) is 17.2 Å². The van der Waals surface area contributed by atoms with Crippen LogP contribution in [-0.4, -0.2) is 32.6 Å². The van der Waals surface area contributed by atoms with Crippen LogP contribution in [0, 0.1) is 13.8 Å². The van der Waals surface area contributed by atoms with Gasteiger partial charge in [0.05, 0.1) is 14.2 Å². The minimum atomic E-state index is -0.497. The van der Waals surface area contributed by atoms with E-state index in [0.29, 0.717) is 22.3 Å². The van der Waals surface area contributed by atoms with Gasteiger partial charge in [-0.2, -0.15) is 0 Å². The van der Waals surface area contributed by atoms with Crippen molar-refractivity contribution in [3.63, 3.8) is 0 Å². The number of carbonyl (C=O) groups excluding carboxylic acids is 2. The first-order chi connectivity index (χ1) is 13.8. The van der Waals surface area contributed by atoms with E-state index in [1.54, 1.807) is 43.5 Å². The van der Waals surface area contributed by atoms with Gasteiger partial charge in [0, 0.05) is 11.1 Å². The van der Waals surface area contributed by atoms with Crippen molar-refractivity contribution in [2.45, 2.75) is 13.8 Å². The van der Waals surface area contributed by atoms with Gasteiger partial charge in [-0.05, 0) is 60.9 Å². The molecule has 2 aromatic carbocycles. The fraction of sp³-hybridized carbons (Fsp3) is 0.238. The summed E-state index contributed by atoms with van der Waals surface area (Å²) in [5.41, 5.74) is 7.03. The molecule has 0 unspecified atom stereocenters. The second kappa shape index (κ2) is 10.4. The second-order valence-electron chi connectivity index (χ2n) is 6.14. The van der Waals surface area contributed by atoms with Crippen molar-refractivity contribution in [1.29, 1.82) is 0 Å². The van der Waals surface area contributed by atoms with Crippen molar-refractivity contribution in [1.82, 2.24) is 10.9 Å². The molecule has 0 bridgehead atoms. The minimum Gasteiger partial charge on any atom is -0.493 e. The van der Waals surface area contributed by atoms with Gasteiger partial charge in [0.15, 0.2) is 18.1 Å². The number of rotatable bonds is 7. The normalized spacial score (nSPS) is 10.5. The highest BCUT2D eigenvalue weighted by Gasteiger charge is 2.07. The van der Waals surface area contributed by atoms with Gasteiger partial charge in [-0.1, -0.05) is 17.7 Å². The van der Waals surface area contributed by atoms with Crippen molar-refractivity contribution in [2.24, 2.45) is 0 Å². The summed E-state index contributed by atoms with van der Waals surface area (Å²) in [6.45, 7) is 3.46. The van der Waals surface area contributed by atoms with E-state index >= 15 is 0 Å². The molecule has 2 N–H and O–H groups in total. The molecule has 8 heteroatoms. The van der Waals surface area contributed by atoms with Crippen LogP contribution in [0.5, 0.6) is 17.2 Å². The summed E-state index contributed by atoms with van der Waals surface area (Å²) in [5.74, 6) is 0.675. The van der Waals surface area contributed by atoms with Crippen LogP contribution >= 0.6 is 11.6 Å². The second-order valence-corrected chi connectivity index (χ2v) is 6.52. The average Bonchev–Trinajstić information content (AvgIpc) is 2.72. The van der Waals surface area contributed by atoms with Crippen molar-refractivity contribution in [2.75, 3.05) is 20.8 Å². The van der Waals surface area contributed by atoms with Crippen LogP contribution in [0.1, 0.15) is 16.7 Å². The monoisotopic (exact) mass is 418 g/mol. The van der Waals surface area contributed by atoms with Crippen molar-refractivity contribution in [3.05, 3.63) is 58.1 Å². The first-order valence-electron chi connectivity index (χ1n) is 8.72. The molecule has 2 amide bonds. The standard InChI is InChI=1S/C21H23ClN2O5/c1-13-9-16(10-14(2)21(13)22)29-12-20(26)24-23-19(25)8-6-15-5-7-17(27-3)18(11-15)28-4/h5-11H,12H2,1-4H3,(H,23,25)(H,24,26). The first-order valence-corrected chi connectivity index (χ1v) is 9.10. The summed E-state index contributed by atoms with van der Waals surface area (Å²) in [6.07, 6.45) is 2.87. The van der Waals surface area contributed by atoms with Gasteiger partial charge >= 0.3 is 0 Å². The van der Waals surface area contributed by atoms with Crippen LogP contribution in [-0.2, 0) is 9.59 Å². The maximum absolute atomic E-state index is 11.9. The van der Waals surface area contributed by atoms with Gasteiger partial charge in [0.2, 0.25) is 0 Å². The highest BCUT2D eigenvalue weighted by Crippen LogP contribution is 2.28. The molecule has 0 spiro atoms. The largest absolute Gasteiger partial charge is 0.493 e. The number of methoxy groups -OCH3 is 2. The Labute approximate surface area is 174 Å². The van der Waals surface area contributed by atoms with Crippen LogP contribution in [0.2, 0.25) is 5.02 Å². The number of aryl methyl sites for hydroxylation is 2. The van der Waals surface area contributed by atoms with Crippen LogP contribution in [0.4, 0.5) is 0 Å². The van der Waals surface area contributed by atoms with Crippen LogP contribution in [0.3, 0.4) is 0 Å². The number of nitrogens with one attached hydrogen (secondary N) is 2. The Balaban J connectivity index is 1.82. The van der Waals surface area contributed by atoms with E-state index in [1.165, 1.54) is 13.2 Å². The van der Waals surface area contributed by atoms with Crippen LogP contribution in [0.25, 0.3) is 6.08 Å². The minimum absolute atomic E-state index is 0.250. The Bertz CT molecular complexity index is 904. The molecule has 0 saturated heterocycles. The Morgan fingerprint density at radius 2 is 1.66 bits per heavy atom. The molecule has 2 rings (SSSR count). The Morgan fingerprint density at radius 3 is 2.28 bits per heavy atom. The first kappa shape index (κ1) is 22.1. The third kappa shape index (κ3) is 6.43. The van der Waals surface area contributed by atoms with E-state index < -0.39 is 11.8 Å². The lowest BCUT2D eigenvalue weighted by molar-refractivity contribution is -0.128. The smallest absolute Gasteiger partial charge is 0.276 e. The fourth-order valence-electron chi connectivity index (χ4n) is 2.48. The van der Waals surface area contributed by atoms with Gasteiger partial charge in [-0.15, -0.1) is 0 Å². The molecule has 0 heterocycles. The summed E-state index contributed by atoms with van der Waals surface area (Å²) >= 11 is 6.10. The molecule has 29 heavy (non-hydrogen) atoms. The molecular formula is C21H23ClN2O5. The van der Waals surface area contributed by atoms with E-state index in [2.05, 4.69) is 10.9 Å². The topological polar surface area (TPSA) is 85.9 Å². The molecule has 0 fully saturated rings. The Morgan fingerprint density at radius 1 is 1.00 bits per heavy atom. The molecule has 0 aromatic heterocycles. The Kier molecular flexibility index (Phi) is 7.91. The molecule has 0 aliphatic carbocycles. The number of carbonyl (C=O) groups is 2. The van der Waals surface area contributed by atoms with E-state index in [4.69, 9.17) is 25.8 Å². The number of benzene rings is 2. The summed E-state index contributed by atoms with van der Waals surface area (Å²) in [7, 11) is 3.07. The molecular weight excluding hydrogens is 396 g/mol. The summed E-state index contributed by atoms with van der Waals surface area (Å²) < 4.78 is 15.8. The quantitative estimate of drug-likeness (QED) is 0.532. The maximum Gasteiger partial charge on any atom is 0.276 e. The number of halogens is 1. The lowest BCUT2D eigenvalue weighted by Crippen LogP contribution is -2.43. The lowest BCUT2D eigenvalue weighted by atomic mass is 10.1. The average molecular weight is 419 g/mol. The zero-order valence-electron chi connectivity index (χ0n) is 16.7. The molecule has 0 atom stereocenters. The highest BCUT2D eigenvalue weighted by molar-refractivity contribution is 6.32. The predicted octanol–water partition coefficient (Wildman–Crippen LogP) is 3.21. The zero-order valence-corrected chi connectivity index (χ0v) is 17.4. The molecule has 0 aliphatic heterocycles. The molecule has 2 aromatic rings. The van der Waals surface area contributed by atoms with Crippen molar-refractivity contribution < 1.29 is 23.8 Å². The summed E-state index contributed by atoms with van der Waals surface area (Å²) in [4.78, 5) is 23.7. The van der Waals surface area contributed by atoms with Crippen molar-refractivity contribution >= 4 is 29.5 Å². The number of amides is 2. The molecule has 7 nitrogen and oxygen atoms in total. The maximum atomic E-state index is 11.9. The van der Waals surface area contributed by atoms with Gasteiger partial charge in [0.1, 0.15) is 5.75 Å². The SMILES string of the molecule is COc1ccc(C=CC(=O)NNC(=O)COc2cc(C)c(Cl)c(C)c2)cc1OC. The van der Waals surface area contributed by atoms with Gasteiger partial charge in [0.25, 0.3) is 11.8 Å². The lowest BCUT2D eigenvalue weighted by Gasteiger charge is -2.10. The predicted molar refractivity (Wildman–Crippen MR) is 111 cm³/mol. The zero-order chi connectivity index (χ0) is 21.4. The molecule has 154 valence electrons. The number of hydrogen-bond acceptors (Lipinski definition) is 5.